The zero-order chi connectivity index (χ0) is 15.2. The summed E-state index contributed by atoms with van der Waals surface area (Å²) < 4.78 is 0. The number of nitro groups is 1. The second-order valence-corrected chi connectivity index (χ2v) is 6.32. The minimum atomic E-state index is -0.240. The average molecular weight is 294 g/mol. The van der Waals surface area contributed by atoms with Gasteiger partial charge in [0.15, 0.2) is 0 Å². The Morgan fingerprint density at radius 2 is 1.91 bits per heavy atom. The minimum Gasteiger partial charge on any atom is -0.384 e. The van der Waals surface area contributed by atoms with E-state index in [1.54, 1.807) is 12.1 Å². The molecule has 1 heterocycles. The lowest BCUT2D eigenvalue weighted by Gasteiger charge is -2.31. The molecule has 1 fully saturated rings. The number of fused-ring (bicyclic) bond motifs is 2. The number of rotatable bonds is 2. The van der Waals surface area contributed by atoms with Crippen molar-refractivity contribution >= 4 is 11.4 Å². The predicted octanol–water partition coefficient (Wildman–Crippen LogP) is 4.23. The summed E-state index contributed by atoms with van der Waals surface area (Å²) in [6.45, 7) is 0.878. The Morgan fingerprint density at radius 1 is 1.14 bits per heavy atom. The zero-order valence-corrected chi connectivity index (χ0v) is 12.3. The summed E-state index contributed by atoms with van der Waals surface area (Å²) in [6, 6.07) is 15.7. The SMILES string of the molecule is O=[N+]([O-])c1ccccc1C1CCCC12CNc1ccccc12. The molecule has 1 saturated carbocycles. The molecule has 2 atom stereocenters. The van der Waals surface area contributed by atoms with E-state index in [9.17, 15) is 10.1 Å². The fourth-order valence-corrected chi connectivity index (χ4v) is 4.43. The van der Waals surface area contributed by atoms with E-state index in [4.69, 9.17) is 0 Å². The van der Waals surface area contributed by atoms with Crippen LogP contribution in [0.4, 0.5) is 11.4 Å². The van der Waals surface area contributed by atoms with Gasteiger partial charge in [0, 0.05) is 35.2 Å². The van der Waals surface area contributed by atoms with E-state index < -0.39 is 0 Å². The zero-order valence-electron chi connectivity index (χ0n) is 12.3. The van der Waals surface area contributed by atoms with Gasteiger partial charge < -0.3 is 5.32 Å². The van der Waals surface area contributed by atoms with E-state index in [-0.39, 0.29) is 21.9 Å². The molecule has 2 aromatic rings. The molecule has 1 aliphatic heterocycles. The number of nitro benzene ring substituents is 1. The number of anilines is 1. The summed E-state index contributed by atoms with van der Waals surface area (Å²) in [7, 11) is 0. The molecule has 1 spiro atoms. The maximum atomic E-state index is 11.4. The fourth-order valence-electron chi connectivity index (χ4n) is 4.43. The third-order valence-corrected chi connectivity index (χ3v) is 5.35. The van der Waals surface area contributed by atoms with Crippen LogP contribution in [0, 0.1) is 10.1 Å². The number of nitrogens with zero attached hydrogens (tertiary/aromatic N) is 1. The Labute approximate surface area is 129 Å². The van der Waals surface area contributed by atoms with Crippen molar-refractivity contribution in [2.24, 2.45) is 0 Å². The third-order valence-electron chi connectivity index (χ3n) is 5.35. The van der Waals surface area contributed by atoms with Gasteiger partial charge in [-0.2, -0.15) is 0 Å². The molecule has 22 heavy (non-hydrogen) atoms. The summed E-state index contributed by atoms with van der Waals surface area (Å²) in [5, 5.41) is 14.9. The Hall–Kier alpha value is -2.36. The van der Waals surface area contributed by atoms with E-state index >= 15 is 0 Å². The topological polar surface area (TPSA) is 55.2 Å². The first-order valence-electron chi connectivity index (χ1n) is 7.79. The Bertz CT molecular complexity index is 743. The summed E-state index contributed by atoms with van der Waals surface area (Å²) in [6.07, 6.45) is 3.22. The normalized spacial score (nSPS) is 25.9. The van der Waals surface area contributed by atoms with E-state index in [0.717, 1.165) is 31.4 Å². The van der Waals surface area contributed by atoms with Crippen LogP contribution in [-0.4, -0.2) is 11.5 Å². The van der Waals surface area contributed by atoms with Crippen LogP contribution in [0.15, 0.2) is 48.5 Å². The van der Waals surface area contributed by atoms with Crippen LogP contribution in [0.25, 0.3) is 0 Å². The summed E-state index contributed by atoms with van der Waals surface area (Å²) in [5.74, 6) is 0.213. The number of nitrogens with one attached hydrogen (secondary N) is 1. The van der Waals surface area contributed by atoms with E-state index in [1.807, 2.05) is 18.2 Å². The van der Waals surface area contributed by atoms with Gasteiger partial charge in [0.1, 0.15) is 0 Å². The van der Waals surface area contributed by atoms with Crippen molar-refractivity contribution in [2.75, 3.05) is 11.9 Å². The number of hydrogen-bond donors (Lipinski definition) is 1. The average Bonchev–Trinajstić information content (AvgIpc) is 3.14. The van der Waals surface area contributed by atoms with Gasteiger partial charge in [-0.05, 0) is 24.5 Å². The molecule has 2 aromatic carbocycles. The van der Waals surface area contributed by atoms with E-state index in [0.29, 0.717) is 0 Å². The lowest BCUT2D eigenvalue weighted by Crippen LogP contribution is -2.31. The molecule has 4 nitrogen and oxygen atoms in total. The van der Waals surface area contributed by atoms with Crippen molar-refractivity contribution in [3.63, 3.8) is 0 Å². The summed E-state index contributed by atoms with van der Waals surface area (Å²) in [5.41, 5.74) is 3.67. The molecule has 0 radical (unpaired) electrons. The van der Waals surface area contributed by atoms with Crippen molar-refractivity contribution in [1.82, 2.24) is 0 Å². The van der Waals surface area contributed by atoms with E-state index in [1.165, 1.54) is 11.3 Å². The largest absolute Gasteiger partial charge is 0.384 e. The van der Waals surface area contributed by atoms with Gasteiger partial charge in [0.05, 0.1) is 4.92 Å². The van der Waals surface area contributed by atoms with Gasteiger partial charge >= 0.3 is 0 Å². The van der Waals surface area contributed by atoms with Gasteiger partial charge in [0.25, 0.3) is 5.69 Å². The monoisotopic (exact) mass is 294 g/mol. The Balaban J connectivity index is 1.86. The van der Waals surface area contributed by atoms with Crippen LogP contribution in [-0.2, 0) is 5.41 Å². The molecular formula is C18H18N2O2. The molecule has 0 saturated heterocycles. The minimum absolute atomic E-state index is 0.00269. The Morgan fingerprint density at radius 3 is 2.77 bits per heavy atom. The molecule has 2 unspecified atom stereocenters. The Kier molecular flexibility index (Phi) is 2.93. The van der Waals surface area contributed by atoms with Crippen LogP contribution in [0.3, 0.4) is 0 Å². The molecule has 0 aromatic heterocycles. The van der Waals surface area contributed by atoms with E-state index in [2.05, 4.69) is 23.5 Å². The molecular weight excluding hydrogens is 276 g/mol. The molecule has 0 bridgehead atoms. The van der Waals surface area contributed by atoms with Crippen molar-refractivity contribution in [3.05, 3.63) is 69.8 Å². The van der Waals surface area contributed by atoms with Crippen molar-refractivity contribution in [3.8, 4) is 0 Å². The second kappa shape index (κ2) is 4.83. The van der Waals surface area contributed by atoms with Crippen molar-refractivity contribution in [1.29, 1.82) is 0 Å². The highest BCUT2D eigenvalue weighted by Gasteiger charge is 2.50. The van der Waals surface area contributed by atoms with Crippen LogP contribution in [0.5, 0.6) is 0 Å². The molecule has 112 valence electrons. The third kappa shape index (κ3) is 1.76. The van der Waals surface area contributed by atoms with Crippen LogP contribution >= 0.6 is 0 Å². The molecule has 4 rings (SSSR count). The van der Waals surface area contributed by atoms with Gasteiger partial charge in [0.2, 0.25) is 0 Å². The van der Waals surface area contributed by atoms with Gasteiger partial charge in [-0.15, -0.1) is 0 Å². The highest BCUT2D eigenvalue weighted by atomic mass is 16.6. The van der Waals surface area contributed by atoms with Crippen LogP contribution in [0.1, 0.15) is 36.3 Å². The number of benzene rings is 2. The maximum absolute atomic E-state index is 11.4. The smallest absolute Gasteiger partial charge is 0.272 e. The molecule has 0 amide bonds. The molecule has 2 aliphatic rings. The molecule has 1 aliphatic carbocycles. The van der Waals surface area contributed by atoms with Crippen molar-refractivity contribution in [2.45, 2.75) is 30.6 Å². The first-order chi connectivity index (χ1) is 10.7. The summed E-state index contributed by atoms with van der Waals surface area (Å²) >= 11 is 0. The highest BCUT2D eigenvalue weighted by molar-refractivity contribution is 5.63. The fraction of sp³-hybridized carbons (Fsp3) is 0.333. The quantitative estimate of drug-likeness (QED) is 0.666. The molecule has 1 N–H and O–H groups in total. The lowest BCUT2D eigenvalue weighted by atomic mass is 9.70. The lowest BCUT2D eigenvalue weighted by molar-refractivity contribution is -0.385. The maximum Gasteiger partial charge on any atom is 0.272 e. The van der Waals surface area contributed by atoms with Crippen LogP contribution < -0.4 is 5.32 Å². The predicted molar refractivity (Wildman–Crippen MR) is 86.3 cm³/mol. The first-order valence-corrected chi connectivity index (χ1v) is 7.79. The summed E-state index contributed by atoms with van der Waals surface area (Å²) in [4.78, 5) is 11.2. The highest BCUT2D eigenvalue weighted by Crippen LogP contribution is 2.56. The number of hydrogen-bond acceptors (Lipinski definition) is 3. The molecule has 4 heteroatoms. The first kappa shape index (κ1) is 13.3. The number of para-hydroxylation sites is 2. The second-order valence-electron chi connectivity index (χ2n) is 6.32. The van der Waals surface area contributed by atoms with Gasteiger partial charge in [-0.25, -0.2) is 0 Å². The van der Waals surface area contributed by atoms with Gasteiger partial charge in [-0.3, -0.25) is 10.1 Å². The van der Waals surface area contributed by atoms with Crippen molar-refractivity contribution < 1.29 is 4.92 Å². The standard InChI is InChI=1S/C18H18N2O2/c21-20(22)17-10-4-1-6-13(17)14-8-5-11-18(14)12-19-16-9-3-2-7-15(16)18/h1-4,6-7,9-10,14,19H,5,8,11-12H2. The van der Waals surface area contributed by atoms with Crippen LogP contribution in [0.2, 0.25) is 0 Å². The van der Waals surface area contributed by atoms with Gasteiger partial charge in [-0.1, -0.05) is 42.8 Å².